The molecular weight excluding hydrogens is 272 g/mol. The molecule has 0 bridgehead atoms. The average molecular weight is 283 g/mol. The lowest BCUT2D eigenvalue weighted by Gasteiger charge is -1.95. The second kappa shape index (κ2) is 5.83. The van der Waals surface area contributed by atoms with Gasteiger partial charge in [-0.2, -0.15) is 0 Å². The Morgan fingerprint density at radius 1 is 1.07 bits per heavy atom. The first kappa shape index (κ1) is 12.1. The zero-order valence-electron chi connectivity index (χ0n) is 8.06. The van der Waals surface area contributed by atoms with E-state index in [2.05, 4.69) is 0 Å². The van der Waals surface area contributed by atoms with E-state index in [0.29, 0.717) is 6.42 Å². The van der Waals surface area contributed by atoms with Crippen molar-refractivity contribution in [3.63, 3.8) is 0 Å². The Kier molecular flexibility index (Phi) is 4.72. The molecule has 15 heavy (non-hydrogen) atoms. The number of hydrogen-bond donors (Lipinski definition) is 0. The summed E-state index contributed by atoms with van der Waals surface area (Å²) in [4.78, 5) is 12.9. The summed E-state index contributed by atoms with van der Waals surface area (Å²) < 4.78 is 0. The highest BCUT2D eigenvalue weighted by atomic mass is 79.9. The van der Waals surface area contributed by atoms with Crippen LogP contribution in [-0.2, 0) is 6.42 Å². The highest BCUT2D eigenvalue weighted by Gasteiger charge is 2.10. The summed E-state index contributed by atoms with van der Waals surface area (Å²) in [6, 6.07) is 13.5. The zero-order valence-corrected chi connectivity index (χ0v) is 10.5. The zero-order chi connectivity index (χ0) is 9.80. The Morgan fingerprint density at radius 3 is 2.40 bits per heavy atom. The van der Waals surface area contributed by atoms with Gasteiger partial charge in [-0.25, -0.2) is 0 Å². The largest absolute Gasteiger partial charge is 1.00 e. The molecule has 1 nitrogen and oxygen atoms in total. The van der Waals surface area contributed by atoms with Crippen LogP contribution in [0.3, 0.4) is 0 Å². The summed E-state index contributed by atoms with van der Waals surface area (Å²) in [5.41, 5.74) is 0.801. The third-order valence-electron chi connectivity index (χ3n) is 2.05. The third-order valence-corrected chi connectivity index (χ3v) is 3.01. The molecule has 0 spiro atoms. The molecule has 3 heteroatoms. The van der Waals surface area contributed by atoms with E-state index in [0.717, 1.165) is 16.9 Å². The number of hydrogen-bond acceptors (Lipinski definition) is 1. The van der Waals surface area contributed by atoms with Crippen molar-refractivity contribution in [2.75, 3.05) is 0 Å². The molecule has 2 aromatic rings. The summed E-state index contributed by atoms with van der Waals surface area (Å²) in [6.07, 6.45) is 0.540. The number of carbonyl (C=O) groups is 1. The minimum atomic E-state index is 0. The normalized spacial score (nSPS) is 9.33. The van der Waals surface area contributed by atoms with E-state index in [1.807, 2.05) is 47.8 Å². The van der Waals surface area contributed by atoms with Crippen LogP contribution < -0.4 is 17.0 Å². The first-order valence-corrected chi connectivity index (χ1v) is 5.47. The molecule has 2 rings (SSSR count). The van der Waals surface area contributed by atoms with Crippen LogP contribution in [0.5, 0.6) is 0 Å². The molecule has 0 amide bonds. The van der Waals surface area contributed by atoms with Gasteiger partial charge in [0, 0.05) is 5.56 Å². The first-order valence-electron chi connectivity index (χ1n) is 4.51. The number of ketones is 1. The van der Waals surface area contributed by atoms with E-state index >= 15 is 0 Å². The van der Waals surface area contributed by atoms with Crippen molar-refractivity contribution in [3.8, 4) is 0 Å². The molecule has 0 N–H and O–H groups in total. The summed E-state index contributed by atoms with van der Waals surface area (Å²) in [5, 5.41) is 2.05. The van der Waals surface area contributed by atoms with E-state index in [1.54, 1.807) is 0 Å². The first-order chi connectivity index (χ1) is 6.86. The number of carbonyl (C=O) groups excluding carboxylic acids is 1. The van der Waals surface area contributed by atoms with Crippen molar-refractivity contribution in [2.45, 2.75) is 6.42 Å². The fourth-order valence-corrected chi connectivity index (χ4v) is 2.10. The third kappa shape index (κ3) is 3.29. The maximum Gasteiger partial charge on any atom is 0.172 e. The smallest absolute Gasteiger partial charge is 0.172 e. The van der Waals surface area contributed by atoms with Crippen molar-refractivity contribution >= 4 is 17.1 Å². The van der Waals surface area contributed by atoms with Gasteiger partial charge in [-0.15, -0.1) is 0 Å². The second-order valence-corrected chi connectivity index (χ2v) is 4.23. The topological polar surface area (TPSA) is 17.1 Å². The minimum Gasteiger partial charge on any atom is -1.00 e. The fraction of sp³-hybridized carbons (Fsp3) is 0.0833. The van der Waals surface area contributed by atoms with Crippen LogP contribution in [0, 0.1) is 0 Å². The number of halogens is 1. The van der Waals surface area contributed by atoms with Gasteiger partial charge in [0.2, 0.25) is 0 Å². The molecule has 1 aromatic heterocycles. The Labute approximate surface area is 104 Å². The molecule has 0 atom stereocenters. The van der Waals surface area contributed by atoms with Gasteiger partial charge in [0.25, 0.3) is 0 Å². The molecule has 0 radical (unpaired) electrons. The molecule has 0 saturated carbocycles. The van der Waals surface area contributed by atoms with Gasteiger partial charge >= 0.3 is 0 Å². The Hall–Kier alpha value is -0.930. The standard InChI is InChI=1S/C12H10OS.BrH/c13-12(9-11-7-4-8-14-11)10-5-2-1-3-6-10;/h1-8H,9H2;1H. The molecule has 0 saturated heterocycles. The number of Topliss-reactive ketones (excluding diaryl/α,β-unsaturated/α-hetero) is 1. The molecular formula is C12H11BrOS. The summed E-state index contributed by atoms with van der Waals surface area (Å²) >= 11 is 1.16. The van der Waals surface area contributed by atoms with E-state index in [9.17, 15) is 4.79 Å². The van der Waals surface area contributed by atoms with Gasteiger partial charge in [0.05, 0.1) is 6.42 Å². The molecule has 0 aliphatic heterocycles. The van der Waals surface area contributed by atoms with Crippen molar-refractivity contribution in [2.24, 2.45) is 0 Å². The molecule has 0 fully saturated rings. The minimum absolute atomic E-state index is 0. The maximum absolute atomic E-state index is 11.7. The van der Waals surface area contributed by atoms with Crippen molar-refractivity contribution in [1.29, 1.82) is 0 Å². The van der Waals surface area contributed by atoms with Crippen molar-refractivity contribution < 1.29 is 21.8 Å². The summed E-state index contributed by atoms with van der Waals surface area (Å²) in [5.74, 6) is 0.202. The number of rotatable bonds is 3. The van der Waals surface area contributed by atoms with E-state index in [1.165, 1.54) is 4.88 Å². The Morgan fingerprint density at radius 2 is 1.80 bits per heavy atom. The molecule has 0 aliphatic carbocycles. The van der Waals surface area contributed by atoms with Gasteiger partial charge in [-0.3, -0.25) is 4.79 Å². The maximum atomic E-state index is 11.7. The van der Waals surface area contributed by atoms with Crippen molar-refractivity contribution in [1.82, 2.24) is 0 Å². The highest BCUT2D eigenvalue weighted by molar-refractivity contribution is 7.10. The Balaban J connectivity index is 0.00000112. The fourth-order valence-electron chi connectivity index (χ4n) is 1.33. The monoisotopic (exact) mass is 282 g/mol. The quantitative estimate of drug-likeness (QED) is 0.568. The molecule has 0 aliphatic rings. The van der Waals surface area contributed by atoms with Crippen LogP contribution in [0.25, 0.3) is 0 Å². The summed E-state index contributed by atoms with van der Waals surface area (Å²) in [6.45, 7) is 0. The van der Waals surface area contributed by atoms with E-state index in [-0.39, 0.29) is 22.8 Å². The van der Waals surface area contributed by atoms with Gasteiger partial charge in [0.15, 0.2) is 10.7 Å². The van der Waals surface area contributed by atoms with Gasteiger partial charge in [-0.05, 0) is 23.5 Å². The number of benzene rings is 1. The van der Waals surface area contributed by atoms with Crippen LogP contribution >= 0.6 is 11.3 Å². The van der Waals surface area contributed by atoms with E-state index in [4.69, 9.17) is 0 Å². The summed E-state index contributed by atoms with van der Waals surface area (Å²) in [7, 11) is 0. The van der Waals surface area contributed by atoms with Crippen LogP contribution in [0.15, 0.2) is 47.8 Å². The van der Waals surface area contributed by atoms with E-state index < -0.39 is 0 Å². The molecule has 1 heterocycles. The lowest BCUT2D eigenvalue weighted by atomic mass is 10.1. The Bertz CT molecular complexity index is 408. The highest BCUT2D eigenvalue weighted by Crippen LogP contribution is 2.12. The lowest BCUT2D eigenvalue weighted by Crippen LogP contribution is -3.00. The van der Waals surface area contributed by atoms with Gasteiger partial charge in [-0.1, -0.05) is 30.3 Å². The SMILES string of the molecule is O=C(Cc1ccc[sH+]1)c1ccccc1.[Br-]. The average Bonchev–Trinajstić information content (AvgIpc) is 2.72. The van der Waals surface area contributed by atoms with Crippen LogP contribution in [-0.4, -0.2) is 5.78 Å². The van der Waals surface area contributed by atoms with Crippen LogP contribution in [0.1, 0.15) is 15.2 Å². The van der Waals surface area contributed by atoms with Crippen LogP contribution in [0.2, 0.25) is 0 Å². The van der Waals surface area contributed by atoms with Gasteiger partial charge < -0.3 is 17.0 Å². The van der Waals surface area contributed by atoms with Crippen LogP contribution in [0.4, 0.5) is 0 Å². The number of thiophene rings is 1. The molecule has 1 aromatic carbocycles. The lowest BCUT2D eigenvalue weighted by molar-refractivity contribution is -0.0000107. The second-order valence-electron chi connectivity index (χ2n) is 3.09. The predicted octanol–water partition coefficient (Wildman–Crippen LogP) is -0.0902. The molecule has 0 unspecified atom stereocenters. The molecule has 78 valence electrons. The predicted molar refractivity (Wildman–Crippen MR) is 60.2 cm³/mol. The van der Waals surface area contributed by atoms with Gasteiger partial charge in [0.1, 0.15) is 5.38 Å². The van der Waals surface area contributed by atoms with Crippen molar-refractivity contribution in [3.05, 3.63) is 58.3 Å².